The number of nitrogens with two attached hydrogens (primary N) is 1. The zero-order chi connectivity index (χ0) is 17.2. The monoisotopic (exact) mass is 423 g/mol. The van der Waals surface area contributed by atoms with E-state index in [1.165, 1.54) is 10.7 Å². The molecule has 1 atom stereocenters. The van der Waals surface area contributed by atoms with Crippen LogP contribution in [0.3, 0.4) is 0 Å². The number of hydrogen-bond acceptors (Lipinski definition) is 5. The van der Waals surface area contributed by atoms with Gasteiger partial charge in [0.25, 0.3) is 0 Å². The average molecular weight is 424 g/mol. The second-order valence-electron chi connectivity index (χ2n) is 7.45. The zero-order valence-corrected chi connectivity index (χ0v) is 18.1. The fourth-order valence-electron chi connectivity index (χ4n) is 3.72. The lowest BCUT2D eigenvalue weighted by molar-refractivity contribution is -0.148. The van der Waals surface area contributed by atoms with Crippen LogP contribution < -0.4 is 5.73 Å². The lowest BCUT2D eigenvalue weighted by Gasteiger charge is -2.41. The van der Waals surface area contributed by atoms with Crippen molar-refractivity contribution in [1.82, 2.24) is 9.88 Å². The third-order valence-corrected chi connectivity index (χ3v) is 6.51. The molecule has 2 N–H and O–H groups in total. The van der Waals surface area contributed by atoms with Crippen molar-refractivity contribution >= 4 is 42.1 Å². The highest BCUT2D eigenvalue weighted by molar-refractivity contribution is 7.09. The van der Waals surface area contributed by atoms with Crippen LogP contribution in [0.1, 0.15) is 62.1 Å². The summed E-state index contributed by atoms with van der Waals surface area (Å²) < 4.78 is 5.45. The molecular formula is C18H31Cl2N3O2S. The summed E-state index contributed by atoms with van der Waals surface area (Å²) in [5.41, 5.74) is 6.77. The number of thiazole rings is 1. The minimum Gasteiger partial charge on any atom is -0.381 e. The third-order valence-electron chi connectivity index (χ3n) is 5.48. The molecule has 0 spiro atoms. The Morgan fingerprint density at radius 3 is 2.69 bits per heavy atom. The molecule has 1 aromatic heterocycles. The molecule has 3 rings (SSSR count). The highest BCUT2D eigenvalue weighted by atomic mass is 35.5. The number of hydrogen-bond donors (Lipinski definition) is 1. The van der Waals surface area contributed by atoms with Crippen LogP contribution in [-0.4, -0.2) is 48.6 Å². The first-order valence-electron chi connectivity index (χ1n) is 9.08. The molecule has 2 aliphatic rings. The first kappa shape index (κ1) is 23.6. The number of amides is 1. The van der Waals surface area contributed by atoms with Gasteiger partial charge < -0.3 is 15.4 Å². The summed E-state index contributed by atoms with van der Waals surface area (Å²) in [5, 5.41) is 3.35. The van der Waals surface area contributed by atoms with Crippen LogP contribution in [0.2, 0.25) is 0 Å². The van der Waals surface area contributed by atoms with Gasteiger partial charge >= 0.3 is 0 Å². The highest BCUT2D eigenvalue weighted by Crippen LogP contribution is 2.36. The van der Waals surface area contributed by atoms with Crippen molar-refractivity contribution < 1.29 is 9.53 Å². The number of ether oxygens (including phenoxy) is 1. The third kappa shape index (κ3) is 4.90. The van der Waals surface area contributed by atoms with E-state index in [-0.39, 0.29) is 30.7 Å². The second kappa shape index (κ2) is 10.2. The van der Waals surface area contributed by atoms with Crippen LogP contribution in [-0.2, 0) is 9.53 Å². The molecule has 0 aromatic carbocycles. The summed E-state index contributed by atoms with van der Waals surface area (Å²) in [6, 6.07) is 0. The van der Waals surface area contributed by atoms with E-state index in [0.717, 1.165) is 38.8 Å². The molecule has 1 amide bonds. The second-order valence-corrected chi connectivity index (χ2v) is 8.34. The van der Waals surface area contributed by atoms with Crippen LogP contribution in [0.5, 0.6) is 0 Å². The molecule has 5 nitrogen and oxygen atoms in total. The first-order valence-corrected chi connectivity index (χ1v) is 9.96. The van der Waals surface area contributed by atoms with E-state index in [4.69, 9.17) is 15.5 Å². The predicted octanol–water partition coefficient (Wildman–Crippen LogP) is 3.57. The van der Waals surface area contributed by atoms with Gasteiger partial charge in [0.1, 0.15) is 0 Å². The van der Waals surface area contributed by atoms with Gasteiger partial charge in [-0.1, -0.05) is 13.8 Å². The van der Waals surface area contributed by atoms with E-state index in [9.17, 15) is 4.79 Å². The van der Waals surface area contributed by atoms with E-state index in [1.807, 2.05) is 4.90 Å². The minimum atomic E-state index is -0.411. The summed E-state index contributed by atoms with van der Waals surface area (Å²) in [5.74, 6) is 1.06. The summed E-state index contributed by atoms with van der Waals surface area (Å²) in [7, 11) is 0. The molecular weight excluding hydrogens is 393 g/mol. The van der Waals surface area contributed by atoms with Gasteiger partial charge in [-0.3, -0.25) is 4.79 Å². The number of nitrogens with zero attached hydrogens (tertiary/aromatic N) is 2. The molecule has 0 bridgehead atoms. The molecule has 150 valence electrons. The number of likely N-dealkylation sites (tertiary alicyclic amines) is 1. The van der Waals surface area contributed by atoms with E-state index >= 15 is 0 Å². The van der Waals surface area contributed by atoms with E-state index in [1.54, 1.807) is 11.3 Å². The van der Waals surface area contributed by atoms with Gasteiger partial charge in [-0.15, -0.1) is 36.2 Å². The molecule has 0 saturated carbocycles. The number of carbonyl (C=O) groups is 1. The Morgan fingerprint density at radius 2 is 2.12 bits per heavy atom. The summed E-state index contributed by atoms with van der Waals surface area (Å²) in [6.07, 6.45) is 3.66. The van der Waals surface area contributed by atoms with Crippen molar-refractivity contribution in [3.8, 4) is 0 Å². The minimum absolute atomic E-state index is 0. The Labute approximate surface area is 172 Å². The van der Waals surface area contributed by atoms with Gasteiger partial charge in [-0.05, 0) is 31.6 Å². The van der Waals surface area contributed by atoms with Crippen LogP contribution >= 0.6 is 36.2 Å². The van der Waals surface area contributed by atoms with Crippen LogP contribution in [0.25, 0.3) is 0 Å². The normalized spacial score (nSPS) is 22.5. The molecule has 1 unspecified atom stereocenters. The number of halogens is 2. The summed E-state index contributed by atoms with van der Waals surface area (Å²) >= 11 is 1.74. The van der Waals surface area contributed by atoms with Crippen LogP contribution in [0.15, 0.2) is 5.38 Å². The molecule has 2 saturated heterocycles. The average Bonchev–Trinajstić information content (AvgIpc) is 3.12. The maximum Gasteiger partial charge on any atom is 0.230 e. The van der Waals surface area contributed by atoms with Crippen molar-refractivity contribution in [1.29, 1.82) is 0 Å². The van der Waals surface area contributed by atoms with Crippen molar-refractivity contribution in [2.45, 2.75) is 51.4 Å². The summed E-state index contributed by atoms with van der Waals surface area (Å²) in [4.78, 5) is 20.0. The fourth-order valence-corrected chi connectivity index (χ4v) is 4.83. The van der Waals surface area contributed by atoms with Crippen molar-refractivity contribution in [2.24, 2.45) is 11.1 Å². The Bertz CT molecular complexity index is 577. The molecule has 0 aliphatic carbocycles. The van der Waals surface area contributed by atoms with Crippen molar-refractivity contribution in [3.05, 3.63) is 16.1 Å². The molecule has 2 fully saturated rings. The smallest absolute Gasteiger partial charge is 0.230 e. The maximum absolute atomic E-state index is 13.2. The Kier molecular flexibility index (Phi) is 9.30. The standard InChI is InChI=1S/C18H29N3O2S.2ClH/c1-13(2)15-11-24-16(20-15)14-4-3-7-21(10-14)17(22)18(12-19)5-8-23-9-6-18;;/h11,13-14H,3-10,12,19H2,1-2H3;2*1H. The first-order chi connectivity index (χ1) is 11.6. The van der Waals surface area contributed by atoms with E-state index in [2.05, 4.69) is 19.2 Å². The van der Waals surface area contributed by atoms with Gasteiger partial charge in [-0.25, -0.2) is 4.98 Å². The van der Waals surface area contributed by atoms with E-state index in [0.29, 0.717) is 31.6 Å². The zero-order valence-electron chi connectivity index (χ0n) is 15.6. The van der Waals surface area contributed by atoms with Gasteiger partial charge in [-0.2, -0.15) is 0 Å². The van der Waals surface area contributed by atoms with Crippen molar-refractivity contribution in [2.75, 3.05) is 32.8 Å². The van der Waals surface area contributed by atoms with Crippen LogP contribution in [0, 0.1) is 5.41 Å². The molecule has 0 radical (unpaired) electrons. The lowest BCUT2D eigenvalue weighted by atomic mass is 9.78. The highest BCUT2D eigenvalue weighted by Gasteiger charge is 2.42. The molecule has 1 aromatic rings. The van der Waals surface area contributed by atoms with Gasteiger partial charge in [0, 0.05) is 44.1 Å². The Balaban J connectivity index is 0.00000169. The Morgan fingerprint density at radius 1 is 1.42 bits per heavy atom. The van der Waals surface area contributed by atoms with Gasteiger partial charge in [0.15, 0.2) is 0 Å². The molecule has 2 aliphatic heterocycles. The van der Waals surface area contributed by atoms with Gasteiger partial charge in [0.2, 0.25) is 5.91 Å². The number of rotatable bonds is 4. The number of aromatic nitrogens is 1. The largest absolute Gasteiger partial charge is 0.381 e. The quantitative estimate of drug-likeness (QED) is 0.803. The maximum atomic E-state index is 13.2. The lowest BCUT2D eigenvalue weighted by Crippen LogP contribution is -2.53. The Hall–Kier alpha value is -0.400. The topological polar surface area (TPSA) is 68.5 Å². The molecule has 3 heterocycles. The van der Waals surface area contributed by atoms with E-state index < -0.39 is 5.41 Å². The van der Waals surface area contributed by atoms with Crippen molar-refractivity contribution in [3.63, 3.8) is 0 Å². The number of carbonyl (C=O) groups excluding carboxylic acids is 1. The van der Waals surface area contributed by atoms with Crippen LogP contribution in [0.4, 0.5) is 0 Å². The molecule has 26 heavy (non-hydrogen) atoms. The SMILES string of the molecule is CC(C)c1csc(C2CCCN(C(=O)C3(CN)CCOCC3)C2)n1.Cl.Cl. The fraction of sp³-hybridized carbons (Fsp3) is 0.778. The number of piperidine rings is 1. The predicted molar refractivity (Wildman–Crippen MR) is 111 cm³/mol. The summed E-state index contributed by atoms with van der Waals surface area (Å²) in [6.45, 7) is 7.68. The van der Waals surface area contributed by atoms with Gasteiger partial charge in [0.05, 0.1) is 16.1 Å². The molecule has 8 heteroatoms.